The minimum absolute atomic E-state index is 0.150. The third kappa shape index (κ3) is 2.95. The Bertz CT molecular complexity index is 736. The van der Waals surface area contributed by atoms with Crippen molar-refractivity contribution in [3.05, 3.63) is 35.0 Å². The molecule has 1 aromatic carbocycles. The lowest BCUT2D eigenvalue weighted by Crippen LogP contribution is -2.38. The van der Waals surface area contributed by atoms with Gasteiger partial charge in [0.2, 0.25) is 0 Å². The molecule has 116 valence electrons. The van der Waals surface area contributed by atoms with E-state index < -0.39 is 11.9 Å². The van der Waals surface area contributed by atoms with Crippen molar-refractivity contribution in [3.63, 3.8) is 0 Å². The van der Waals surface area contributed by atoms with Crippen molar-refractivity contribution >= 4 is 34.4 Å². The molecule has 1 atom stereocenters. The number of carboxylic acids is 1. The van der Waals surface area contributed by atoms with Gasteiger partial charge in [0.1, 0.15) is 5.69 Å². The fourth-order valence-electron chi connectivity index (χ4n) is 2.53. The molecule has 1 aliphatic rings. The van der Waals surface area contributed by atoms with Gasteiger partial charge in [0.15, 0.2) is 0 Å². The molecular formula is C16H17ClN2O3. The summed E-state index contributed by atoms with van der Waals surface area (Å²) in [6, 6.07) is 7.31. The molecule has 5 nitrogen and oxygen atoms in total. The molecule has 0 bridgehead atoms. The highest BCUT2D eigenvalue weighted by Gasteiger charge is 2.35. The van der Waals surface area contributed by atoms with Gasteiger partial charge >= 0.3 is 5.97 Å². The molecule has 1 fully saturated rings. The summed E-state index contributed by atoms with van der Waals surface area (Å²) in [7, 11) is 0. The number of carbonyl (C=O) groups is 2. The van der Waals surface area contributed by atoms with E-state index in [1.807, 2.05) is 6.07 Å². The first-order chi connectivity index (χ1) is 10.5. The summed E-state index contributed by atoms with van der Waals surface area (Å²) < 4.78 is 0. The van der Waals surface area contributed by atoms with E-state index in [0.29, 0.717) is 10.7 Å². The molecule has 1 aliphatic carbocycles. The molecular weight excluding hydrogens is 304 g/mol. The van der Waals surface area contributed by atoms with Crippen molar-refractivity contribution in [2.75, 3.05) is 6.54 Å². The molecule has 6 heteroatoms. The Balaban J connectivity index is 1.86. The first-order valence-corrected chi connectivity index (χ1v) is 7.65. The van der Waals surface area contributed by atoms with Crippen LogP contribution in [0.5, 0.6) is 0 Å². The van der Waals surface area contributed by atoms with Crippen LogP contribution in [0.1, 0.15) is 30.3 Å². The number of hydrogen-bond acceptors (Lipinski definition) is 2. The van der Waals surface area contributed by atoms with Crippen LogP contribution in [0.3, 0.4) is 0 Å². The minimum Gasteiger partial charge on any atom is -0.481 e. The van der Waals surface area contributed by atoms with Gasteiger partial charge in [0, 0.05) is 28.5 Å². The Morgan fingerprint density at radius 2 is 2.14 bits per heavy atom. The summed E-state index contributed by atoms with van der Waals surface area (Å²) >= 11 is 5.96. The Labute approximate surface area is 132 Å². The quantitative estimate of drug-likeness (QED) is 0.888. The van der Waals surface area contributed by atoms with Gasteiger partial charge in [-0.15, -0.1) is 0 Å². The van der Waals surface area contributed by atoms with E-state index in [9.17, 15) is 9.59 Å². The van der Waals surface area contributed by atoms with Crippen LogP contribution in [0.25, 0.3) is 10.9 Å². The zero-order chi connectivity index (χ0) is 15.9. The molecule has 0 aliphatic heterocycles. The van der Waals surface area contributed by atoms with E-state index in [1.54, 1.807) is 30.0 Å². The van der Waals surface area contributed by atoms with Gasteiger partial charge < -0.3 is 15.0 Å². The second-order valence-corrected chi connectivity index (χ2v) is 6.28. The molecule has 0 saturated heterocycles. The van der Waals surface area contributed by atoms with Crippen molar-refractivity contribution in [2.24, 2.45) is 5.92 Å². The topological polar surface area (TPSA) is 73.4 Å². The number of rotatable bonds is 5. The van der Waals surface area contributed by atoms with Crippen LogP contribution in [0.15, 0.2) is 24.3 Å². The number of halogens is 1. The molecule has 2 N–H and O–H groups in total. The smallest absolute Gasteiger partial charge is 0.308 e. The van der Waals surface area contributed by atoms with Gasteiger partial charge in [-0.2, -0.15) is 0 Å². The van der Waals surface area contributed by atoms with Crippen molar-refractivity contribution < 1.29 is 14.7 Å². The number of aliphatic carboxylic acids is 1. The predicted molar refractivity (Wildman–Crippen MR) is 84.2 cm³/mol. The number of benzene rings is 1. The maximum Gasteiger partial charge on any atom is 0.308 e. The van der Waals surface area contributed by atoms with E-state index in [1.165, 1.54) is 0 Å². The third-order valence-corrected chi connectivity index (χ3v) is 4.19. The number of aromatic nitrogens is 1. The predicted octanol–water partition coefficient (Wildman–Crippen LogP) is 3.15. The molecule has 1 saturated carbocycles. The number of H-pyrrole nitrogens is 1. The first-order valence-electron chi connectivity index (χ1n) is 7.28. The average Bonchev–Trinajstić information content (AvgIpc) is 3.22. The Hall–Kier alpha value is -2.01. The average molecular weight is 321 g/mol. The van der Waals surface area contributed by atoms with Gasteiger partial charge in [-0.05, 0) is 37.1 Å². The zero-order valence-electron chi connectivity index (χ0n) is 12.2. The van der Waals surface area contributed by atoms with Crippen LogP contribution < -0.4 is 0 Å². The second kappa shape index (κ2) is 5.65. The van der Waals surface area contributed by atoms with Crippen molar-refractivity contribution in [1.82, 2.24) is 9.88 Å². The Kier molecular flexibility index (Phi) is 3.83. The molecule has 22 heavy (non-hydrogen) atoms. The Morgan fingerprint density at radius 1 is 1.41 bits per heavy atom. The summed E-state index contributed by atoms with van der Waals surface area (Å²) in [5.74, 6) is -1.62. The number of amides is 1. The fourth-order valence-corrected chi connectivity index (χ4v) is 2.71. The number of carbonyl (C=O) groups excluding carboxylic acids is 1. The molecule has 2 aromatic rings. The normalized spacial score (nSPS) is 15.7. The SMILES string of the molecule is C[C@@H](CN(C(=O)c1cc2cc(Cl)ccc2[nH]1)C1CC1)C(=O)O. The first kappa shape index (κ1) is 14.9. The number of aromatic amines is 1. The van der Waals surface area contributed by atoms with E-state index in [4.69, 9.17) is 16.7 Å². The van der Waals surface area contributed by atoms with Gasteiger partial charge in [0.05, 0.1) is 5.92 Å². The Morgan fingerprint density at radius 3 is 2.77 bits per heavy atom. The van der Waals surface area contributed by atoms with Crippen LogP contribution >= 0.6 is 11.6 Å². The highest BCUT2D eigenvalue weighted by atomic mass is 35.5. The number of carboxylic acid groups (broad SMARTS) is 1. The van der Waals surface area contributed by atoms with E-state index in [0.717, 1.165) is 23.7 Å². The van der Waals surface area contributed by atoms with Crippen molar-refractivity contribution in [1.29, 1.82) is 0 Å². The third-order valence-electron chi connectivity index (χ3n) is 3.95. The maximum absolute atomic E-state index is 12.7. The van der Waals surface area contributed by atoms with Crippen LogP contribution in [0.4, 0.5) is 0 Å². The lowest BCUT2D eigenvalue weighted by Gasteiger charge is -2.23. The summed E-state index contributed by atoms with van der Waals surface area (Å²) in [4.78, 5) is 28.5. The largest absolute Gasteiger partial charge is 0.481 e. The molecule has 1 heterocycles. The van der Waals surface area contributed by atoms with E-state index >= 15 is 0 Å². The fraction of sp³-hybridized carbons (Fsp3) is 0.375. The van der Waals surface area contributed by atoms with Gasteiger partial charge in [-0.25, -0.2) is 0 Å². The number of fused-ring (bicyclic) bond motifs is 1. The molecule has 0 radical (unpaired) electrons. The van der Waals surface area contributed by atoms with Crippen LogP contribution in [-0.4, -0.2) is 39.5 Å². The second-order valence-electron chi connectivity index (χ2n) is 5.84. The summed E-state index contributed by atoms with van der Waals surface area (Å²) in [6.07, 6.45) is 1.87. The lowest BCUT2D eigenvalue weighted by molar-refractivity contribution is -0.141. The lowest BCUT2D eigenvalue weighted by atomic mass is 10.1. The molecule has 3 rings (SSSR count). The summed E-state index contributed by atoms with van der Waals surface area (Å²) in [5, 5.41) is 10.6. The highest BCUT2D eigenvalue weighted by molar-refractivity contribution is 6.31. The summed E-state index contributed by atoms with van der Waals surface area (Å²) in [6.45, 7) is 1.85. The number of hydrogen-bond donors (Lipinski definition) is 2. The minimum atomic E-state index is -0.887. The maximum atomic E-state index is 12.7. The van der Waals surface area contributed by atoms with Crippen LogP contribution in [0, 0.1) is 5.92 Å². The summed E-state index contributed by atoms with van der Waals surface area (Å²) in [5.41, 5.74) is 1.32. The molecule has 0 spiro atoms. The molecule has 1 amide bonds. The van der Waals surface area contributed by atoms with Gasteiger partial charge in [-0.1, -0.05) is 18.5 Å². The number of nitrogens with one attached hydrogen (secondary N) is 1. The monoisotopic (exact) mass is 320 g/mol. The highest BCUT2D eigenvalue weighted by Crippen LogP contribution is 2.30. The molecule has 1 aromatic heterocycles. The van der Waals surface area contributed by atoms with Crippen LogP contribution in [0.2, 0.25) is 5.02 Å². The van der Waals surface area contributed by atoms with Crippen molar-refractivity contribution in [2.45, 2.75) is 25.8 Å². The van der Waals surface area contributed by atoms with Gasteiger partial charge in [0.25, 0.3) is 5.91 Å². The standard InChI is InChI=1S/C16H17ClN2O3/c1-9(16(21)22)8-19(12-3-4-12)15(20)14-7-10-6-11(17)2-5-13(10)18-14/h2,5-7,9,12,18H,3-4,8H2,1H3,(H,21,22)/t9-/m0/s1. The van der Waals surface area contributed by atoms with Gasteiger partial charge in [-0.3, -0.25) is 9.59 Å². The van der Waals surface area contributed by atoms with E-state index in [-0.39, 0.29) is 18.5 Å². The van der Waals surface area contributed by atoms with Crippen LogP contribution in [-0.2, 0) is 4.79 Å². The zero-order valence-corrected chi connectivity index (χ0v) is 12.9. The van der Waals surface area contributed by atoms with E-state index in [2.05, 4.69) is 4.98 Å². The molecule has 0 unspecified atom stereocenters. The van der Waals surface area contributed by atoms with Crippen molar-refractivity contribution in [3.8, 4) is 0 Å². The number of nitrogens with zero attached hydrogens (tertiary/aromatic N) is 1.